The molecule has 0 bridgehead atoms. The minimum atomic E-state index is 0.646. The van der Waals surface area contributed by atoms with Crippen LogP contribution in [0.1, 0.15) is 11.1 Å². The highest BCUT2D eigenvalue weighted by Crippen LogP contribution is 2.50. The van der Waals surface area contributed by atoms with E-state index >= 15 is 0 Å². The van der Waals surface area contributed by atoms with E-state index in [2.05, 4.69) is 108 Å². The molecule has 6 aromatic rings. The zero-order valence-electron chi connectivity index (χ0n) is 20.0. The van der Waals surface area contributed by atoms with E-state index in [1.54, 1.807) is 11.8 Å². The van der Waals surface area contributed by atoms with Crippen LogP contribution in [0.5, 0.6) is 0 Å². The Morgan fingerprint density at radius 2 is 1.16 bits per heavy atom. The fourth-order valence-corrected chi connectivity index (χ4v) is 6.11. The van der Waals surface area contributed by atoms with Gasteiger partial charge in [-0.2, -0.15) is 0 Å². The van der Waals surface area contributed by atoms with Gasteiger partial charge in [-0.25, -0.2) is 9.97 Å². The quantitative estimate of drug-likeness (QED) is 0.245. The van der Waals surface area contributed by atoms with Crippen LogP contribution in [0, 0.1) is 0 Å². The zero-order valence-corrected chi connectivity index (χ0v) is 20.8. The highest BCUT2D eigenvalue weighted by atomic mass is 32.2. The molecule has 4 nitrogen and oxygen atoms in total. The minimum Gasteiger partial charge on any atom is -0.306 e. The molecule has 0 unspecified atom stereocenters. The first-order valence-corrected chi connectivity index (χ1v) is 12.9. The number of hydrogen-bond donors (Lipinski definition) is 0. The van der Waals surface area contributed by atoms with Gasteiger partial charge >= 0.3 is 0 Å². The predicted molar refractivity (Wildman–Crippen MR) is 155 cm³/mol. The van der Waals surface area contributed by atoms with Crippen LogP contribution in [0.15, 0.2) is 120 Å². The second-order valence-electron chi connectivity index (χ2n) is 8.91. The van der Waals surface area contributed by atoms with Crippen molar-refractivity contribution in [2.75, 3.05) is 4.90 Å². The minimum absolute atomic E-state index is 0.646. The lowest BCUT2D eigenvalue weighted by Crippen LogP contribution is -2.17. The molecule has 0 atom stereocenters. The smallest absolute Gasteiger partial charge is 0.234 e. The Morgan fingerprint density at radius 3 is 1.68 bits per heavy atom. The molecule has 1 aliphatic heterocycles. The molecule has 176 valence electrons. The average Bonchev–Trinajstić information content (AvgIpc) is 3.28. The first kappa shape index (κ1) is 21.7. The Morgan fingerprint density at radius 1 is 0.649 bits per heavy atom. The van der Waals surface area contributed by atoms with Crippen LogP contribution < -0.4 is 4.90 Å². The average molecular weight is 495 g/mol. The maximum absolute atomic E-state index is 4.89. The molecule has 5 heteroatoms. The summed E-state index contributed by atoms with van der Waals surface area (Å²) in [5, 5.41) is 2.33. The maximum Gasteiger partial charge on any atom is 0.234 e. The van der Waals surface area contributed by atoms with E-state index < -0.39 is 0 Å². The number of nitrogens with zero attached hydrogens (tertiary/aromatic N) is 4. The molecule has 1 aliphatic rings. The van der Waals surface area contributed by atoms with E-state index in [0.29, 0.717) is 5.95 Å². The molecule has 0 fully saturated rings. The van der Waals surface area contributed by atoms with Gasteiger partial charge in [-0.05, 0) is 59.7 Å². The summed E-state index contributed by atoms with van der Waals surface area (Å²) in [6.45, 7) is 7.91. The second-order valence-corrected chi connectivity index (χ2v) is 9.99. The topological polar surface area (TPSA) is 34.0 Å². The molecule has 0 spiro atoms. The van der Waals surface area contributed by atoms with Crippen molar-refractivity contribution in [3.63, 3.8) is 0 Å². The molecular weight excluding hydrogens is 472 g/mol. The summed E-state index contributed by atoms with van der Waals surface area (Å²) in [6, 6.07) is 29.6. The Labute approximate surface area is 219 Å². The van der Waals surface area contributed by atoms with Gasteiger partial charge in [-0.1, -0.05) is 73.5 Å². The molecule has 0 saturated heterocycles. The number of rotatable bonds is 4. The van der Waals surface area contributed by atoms with Crippen LogP contribution in [0.25, 0.3) is 39.6 Å². The van der Waals surface area contributed by atoms with Crippen LogP contribution in [-0.4, -0.2) is 14.5 Å². The van der Waals surface area contributed by atoms with Gasteiger partial charge in [-0.15, -0.1) is 0 Å². The molecule has 4 aromatic carbocycles. The van der Waals surface area contributed by atoms with Crippen LogP contribution in [-0.2, 0) is 0 Å². The highest BCUT2D eigenvalue weighted by Gasteiger charge is 2.26. The van der Waals surface area contributed by atoms with Gasteiger partial charge in [0.05, 0.1) is 40.5 Å². The summed E-state index contributed by atoms with van der Waals surface area (Å²) in [5.74, 6) is 0.646. The molecule has 0 amide bonds. The van der Waals surface area contributed by atoms with Gasteiger partial charge in [0.15, 0.2) is 0 Å². The fourth-order valence-electron chi connectivity index (χ4n) is 5.06. The van der Waals surface area contributed by atoms with E-state index in [1.165, 1.54) is 9.79 Å². The molecule has 3 heterocycles. The normalized spacial score (nSPS) is 12.4. The van der Waals surface area contributed by atoms with Crippen LogP contribution in [0.4, 0.5) is 17.3 Å². The summed E-state index contributed by atoms with van der Waals surface area (Å²) in [7, 11) is 0. The Balaban J connectivity index is 1.40. The van der Waals surface area contributed by atoms with Crippen molar-refractivity contribution in [1.29, 1.82) is 0 Å². The lowest BCUT2D eigenvalue weighted by Gasteiger charge is -2.30. The molecule has 0 saturated carbocycles. The van der Waals surface area contributed by atoms with E-state index in [0.717, 1.165) is 50.0 Å². The van der Waals surface area contributed by atoms with E-state index in [9.17, 15) is 0 Å². The Kier molecular flexibility index (Phi) is 4.98. The number of para-hydroxylation sites is 2. The van der Waals surface area contributed by atoms with Crippen molar-refractivity contribution in [3.8, 4) is 5.69 Å². The molecule has 0 radical (unpaired) electrons. The molecule has 7 rings (SSSR count). The van der Waals surface area contributed by atoms with Gasteiger partial charge < -0.3 is 4.57 Å². The van der Waals surface area contributed by atoms with Crippen molar-refractivity contribution in [2.24, 2.45) is 0 Å². The van der Waals surface area contributed by atoms with E-state index in [4.69, 9.17) is 9.97 Å². The summed E-state index contributed by atoms with van der Waals surface area (Å²) < 4.78 is 2.22. The zero-order chi connectivity index (χ0) is 24.9. The van der Waals surface area contributed by atoms with Gasteiger partial charge in [0.2, 0.25) is 5.95 Å². The summed E-state index contributed by atoms with van der Waals surface area (Å²) >= 11 is 1.78. The Hall–Kier alpha value is -4.61. The molecular formula is C32H22N4S. The highest BCUT2D eigenvalue weighted by molar-refractivity contribution is 7.99. The number of fused-ring (bicyclic) bond motifs is 5. The largest absolute Gasteiger partial charge is 0.306 e. The summed E-state index contributed by atoms with van der Waals surface area (Å²) in [5.41, 5.74) is 7.46. The monoisotopic (exact) mass is 494 g/mol. The van der Waals surface area contributed by atoms with Gasteiger partial charge in [-0.3, -0.25) is 4.90 Å². The molecule has 37 heavy (non-hydrogen) atoms. The number of aromatic nitrogens is 3. The number of anilines is 3. The molecule has 0 N–H and O–H groups in total. The number of benzene rings is 4. The van der Waals surface area contributed by atoms with Gasteiger partial charge in [0.1, 0.15) is 0 Å². The first-order chi connectivity index (χ1) is 18.2. The van der Waals surface area contributed by atoms with Crippen molar-refractivity contribution in [3.05, 3.63) is 122 Å². The van der Waals surface area contributed by atoms with Crippen molar-refractivity contribution in [2.45, 2.75) is 9.79 Å². The second kappa shape index (κ2) is 8.50. The van der Waals surface area contributed by atoms with Crippen LogP contribution >= 0.6 is 11.8 Å². The molecule has 0 aliphatic carbocycles. The van der Waals surface area contributed by atoms with Gasteiger partial charge in [0, 0.05) is 20.6 Å². The van der Waals surface area contributed by atoms with E-state index in [1.807, 2.05) is 24.5 Å². The van der Waals surface area contributed by atoms with Crippen molar-refractivity contribution >= 4 is 63.0 Å². The number of hydrogen-bond acceptors (Lipinski definition) is 4. The summed E-state index contributed by atoms with van der Waals surface area (Å²) in [6.07, 6.45) is 7.59. The molecule has 2 aromatic heterocycles. The van der Waals surface area contributed by atoms with Crippen LogP contribution in [0.2, 0.25) is 0 Å². The third kappa shape index (κ3) is 3.39. The van der Waals surface area contributed by atoms with Gasteiger partial charge in [0.25, 0.3) is 0 Å². The fraction of sp³-hybridized carbons (Fsp3) is 0. The predicted octanol–water partition coefficient (Wildman–Crippen LogP) is 8.79. The SMILES string of the molecule is C=Cc1ccc2c(c1)c1cc(C=C)ccc1n2-c1cnc(N2c3ccccc3Sc3ccccc32)nc1. The first-order valence-electron chi connectivity index (χ1n) is 12.1. The Bertz CT molecular complexity index is 1740. The maximum atomic E-state index is 4.89. The lowest BCUT2D eigenvalue weighted by atomic mass is 10.1. The van der Waals surface area contributed by atoms with Crippen LogP contribution in [0.3, 0.4) is 0 Å². The standard InChI is InChI=1S/C32H22N4S/c1-3-21-13-15-26-24(17-21)25-18-22(4-2)14-16-27(25)35(26)23-19-33-32(34-20-23)36-28-9-5-7-11-30(28)37-31-12-8-6-10-29(31)36/h3-20H,1-2H2. The summed E-state index contributed by atoms with van der Waals surface area (Å²) in [4.78, 5) is 14.3. The van der Waals surface area contributed by atoms with E-state index in [-0.39, 0.29) is 0 Å². The lowest BCUT2D eigenvalue weighted by molar-refractivity contribution is 1.02. The van der Waals surface area contributed by atoms with Crippen molar-refractivity contribution < 1.29 is 0 Å². The van der Waals surface area contributed by atoms with Crippen molar-refractivity contribution in [1.82, 2.24) is 14.5 Å². The third-order valence-corrected chi connectivity index (χ3v) is 7.93. The third-order valence-electron chi connectivity index (χ3n) is 6.80.